The molecule has 0 aliphatic carbocycles. The van der Waals surface area contributed by atoms with Crippen molar-refractivity contribution in [1.29, 1.82) is 0 Å². The molecule has 0 saturated carbocycles. The lowest BCUT2D eigenvalue weighted by Crippen LogP contribution is -2.36. The van der Waals surface area contributed by atoms with E-state index in [0.29, 0.717) is 23.4 Å². The Bertz CT molecular complexity index is 723. The van der Waals surface area contributed by atoms with Crippen molar-refractivity contribution in [1.82, 2.24) is 5.32 Å². The van der Waals surface area contributed by atoms with Gasteiger partial charge in [0.1, 0.15) is 11.6 Å². The van der Waals surface area contributed by atoms with E-state index in [9.17, 15) is 14.0 Å². The molecule has 2 aromatic carbocycles. The quantitative estimate of drug-likeness (QED) is 0.628. The molecule has 1 N–H and O–H groups in total. The normalized spacial score (nSPS) is 11.4. The smallest absolute Gasteiger partial charge is 0.261 e. The fraction of sp³-hybridized carbons (Fsp3) is 0.158. The Kier molecular flexibility index (Phi) is 5.84. The Morgan fingerprint density at radius 1 is 1.12 bits per heavy atom. The molecule has 1 unspecified atom stereocenters. The minimum absolute atomic E-state index is 0.210. The molecule has 0 fully saturated rings. The third kappa shape index (κ3) is 4.52. The van der Waals surface area contributed by atoms with E-state index in [-0.39, 0.29) is 17.5 Å². The van der Waals surface area contributed by atoms with Gasteiger partial charge in [-0.2, -0.15) is 0 Å². The molecule has 24 heavy (non-hydrogen) atoms. The van der Waals surface area contributed by atoms with Gasteiger partial charge in [0.05, 0.1) is 0 Å². The number of carbonyl (C=O) groups excluding carboxylic acids is 2. The highest BCUT2D eigenvalue weighted by molar-refractivity contribution is 6.09. The van der Waals surface area contributed by atoms with Crippen molar-refractivity contribution in [2.24, 2.45) is 0 Å². The first-order valence-electron chi connectivity index (χ1n) is 7.47. The summed E-state index contributed by atoms with van der Waals surface area (Å²) in [5, 5.41) is 2.64. The number of benzene rings is 2. The second kappa shape index (κ2) is 8.06. The van der Waals surface area contributed by atoms with Crippen LogP contribution in [0.4, 0.5) is 4.39 Å². The van der Waals surface area contributed by atoms with Crippen molar-refractivity contribution in [3.63, 3.8) is 0 Å². The van der Waals surface area contributed by atoms with Crippen molar-refractivity contribution in [3.8, 4) is 5.75 Å². The van der Waals surface area contributed by atoms with Crippen LogP contribution in [0.25, 0.3) is 0 Å². The van der Waals surface area contributed by atoms with E-state index < -0.39 is 6.10 Å². The Balaban J connectivity index is 2.02. The lowest BCUT2D eigenvalue weighted by atomic mass is 10.0. The fourth-order valence-electron chi connectivity index (χ4n) is 2.03. The zero-order valence-corrected chi connectivity index (χ0v) is 13.3. The number of hydrogen-bond acceptors (Lipinski definition) is 3. The summed E-state index contributed by atoms with van der Waals surface area (Å²) < 4.78 is 18.4. The van der Waals surface area contributed by atoms with Gasteiger partial charge in [-0.05, 0) is 55.5 Å². The van der Waals surface area contributed by atoms with Gasteiger partial charge in [0, 0.05) is 17.7 Å². The SMILES string of the molecule is C=CCNC(=O)C(C)Oc1ccc(C(=O)c2ccc(F)cc2)cc1. The van der Waals surface area contributed by atoms with Crippen LogP contribution in [0.5, 0.6) is 5.75 Å². The van der Waals surface area contributed by atoms with Crippen LogP contribution in [0.15, 0.2) is 61.2 Å². The summed E-state index contributed by atoms with van der Waals surface area (Å²) in [5.74, 6) is -0.370. The van der Waals surface area contributed by atoms with Crippen LogP contribution in [-0.2, 0) is 4.79 Å². The van der Waals surface area contributed by atoms with Crippen LogP contribution in [0, 0.1) is 5.82 Å². The van der Waals surface area contributed by atoms with Crippen LogP contribution < -0.4 is 10.1 Å². The monoisotopic (exact) mass is 327 g/mol. The maximum absolute atomic E-state index is 12.9. The minimum Gasteiger partial charge on any atom is -0.481 e. The van der Waals surface area contributed by atoms with Crippen molar-refractivity contribution in [2.45, 2.75) is 13.0 Å². The van der Waals surface area contributed by atoms with Gasteiger partial charge in [-0.3, -0.25) is 9.59 Å². The lowest BCUT2D eigenvalue weighted by molar-refractivity contribution is -0.127. The number of hydrogen-bond donors (Lipinski definition) is 1. The summed E-state index contributed by atoms with van der Waals surface area (Å²) in [6, 6.07) is 11.8. The van der Waals surface area contributed by atoms with E-state index in [2.05, 4.69) is 11.9 Å². The molecule has 1 atom stereocenters. The number of ketones is 1. The summed E-state index contributed by atoms with van der Waals surface area (Å²) in [7, 11) is 0. The number of amides is 1. The van der Waals surface area contributed by atoms with E-state index in [1.165, 1.54) is 24.3 Å². The summed E-state index contributed by atoms with van der Waals surface area (Å²) in [6.07, 6.45) is 0.920. The molecule has 2 rings (SSSR count). The molecule has 0 radical (unpaired) electrons. The van der Waals surface area contributed by atoms with Gasteiger partial charge in [0.15, 0.2) is 11.9 Å². The van der Waals surface area contributed by atoms with Crippen molar-refractivity contribution in [3.05, 3.63) is 78.1 Å². The zero-order valence-electron chi connectivity index (χ0n) is 13.3. The van der Waals surface area contributed by atoms with Gasteiger partial charge in [0.2, 0.25) is 0 Å². The van der Waals surface area contributed by atoms with E-state index in [1.54, 1.807) is 37.3 Å². The van der Waals surface area contributed by atoms with Crippen LogP contribution >= 0.6 is 0 Å². The first kappa shape index (κ1) is 17.4. The summed E-state index contributed by atoms with van der Waals surface area (Å²) in [6.45, 7) is 5.53. The standard InChI is InChI=1S/C19H18FNO3/c1-3-12-21-19(23)13(2)24-17-10-6-15(7-11-17)18(22)14-4-8-16(20)9-5-14/h3-11,13H,1,12H2,2H3,(H,21,23). The van der Waals surface area contributed by atoms with Crippen molar-refractivity contribution in [2.75, 3.05) is 6.54 Å². The van der Waals surface area contributed by atoms with Gasteiger partial charge in [-0.15, -0.1) is 6.58 Å². The fourth-order valence-corrected chi connectivity index (χ4v) is 2.03. The number of carbonyl (C=O) groups is 2. The molecule has 124 valence electrons. The molecular weight excluding hydrogens is 309 g/mol. The predicted molar refractivity (Wildman–Crippen MR) is 89.6 cm³/mol. The van der Waals surface area contributed by atoms with Gasteiger partial charge in [0.25, 0.3) is 5.91 Å². The highest BCUT2D eigenvalue weighted by atomic mass is 19.1. The van der Waals surface area contributed by atoms with Gasteiger partial charge in [-0.25, -0.2) is 4.39 Å². The van der Waals surface area contributed by atoms with Crippen molar-refractivity contribution >= 4 is 11.7 Å². The molecule has 0 heterocycles. The second-order valence-electron chi connectivity index (χ2n) is 5.15. The molecule has 0 aromatic heterocycles. The lowest BCUT2D eigenvalue weighted by Gasteiger charge is -2.14. The summed E-state index contributed by atoms with van der Waals surface area (Å²) >= 11 is 0. The Morgan fingerprint density at radius 2 is 1.67 bits per heavy atom. The number of rotatable bonds is 7. The average Bonchev–Trinajstić information content (AvgIpc) is 2.60. The Morgan fingerprint density at radius 3 is 2.21 bits per heavy atom. The predicted octanol–water partition coefficient (Wildman–Crippen LogP) is 3.13. The summed E-state index contributed by atoms with van der Waals surface area (Å²) in [5.41, 5.74) is 0.861. The summed E-state index contributed by atoms with van der Waals surface area (Å²) in [4.78, 5) is 24.0. The van der Waals surface area contributed by atoms with Crippen LogP contribution in [-0.4, -0.2) is 24.3 Å². The molecule has 0 aliphatic rings. The molecule has 0 saturated heterocycles. The number of ether oxygens (including phenoxy) is 1. The van der Waals surface area contributed by atoms with Gasteiger partial charge < -0.3 is 10.1 Å². The first-order chi connectivity index (χ1) is 11.5. The molecule has 1 amide bonds. The molecule has 5 heteroatoms. The topological polar surface area (TPSA) is 55.4 Å². The second-order valence-corrected chi connectivity index (χ2v) is 5.15. The maximum atomic E-state index is 12.9. The van der Waals surface area contributed by atoms with E-state index >= 15 is 0 Å². The maximum Gasteiger partial charge on any atom is 0.261 e. The van der Waals surface area contributed by atoms with Crippen LogP contribution in [0.2, 0.25) is 0 Å². The largest absolute Gasteiger partial charge is 0.481 e. The van der Waals surface area contributed by atoms with E-state index in [4.69, 9.17) is 4.74 Å². The van der Waals surface area contributed by atoms with E-state index in [1.807, 2.05) is 0 Å². The van der Waals surface area contributed by atoms with Crippen molar-refractivity contribution < 1.29 is 18.7 Å². The molecule has 2 aromatic rings. The highest BCUT2D eigenvalue weighted by Gasteiger charge is 2.14. The van der Waals surface area contributed by atoms with Crippen LogP contribution in [0.1, 0.15) is 22.8 Å². The zero-order chi connectivity index (χ0) is 17.5. The molecule has 0 bridgehead atoms. The van der Waals surface area contributed by atoms with Gasteiger partial charge in [-0.1, -0.05) is 6.08 Å². The molecule has 0 spiro atoms. The van der Waals surface area contributed by atoms with Crippen LogP contribution in [0.3, 0.4) is 0 Å². The number of nitrogens with one attached hydrogen (secondary N) is 1. The van der Waals surface area contributed by atoms with Gasteiger partial charge >= 0.3 is 0 Å². The highest BCUT2D eigenvalue weighted by Crippen LogP contribution is 2.17. The molecule has 4 nitrogen and oxygen atoms in total. The molecular formula is C19H18FNO3. The third-order valence-electron chi connectivity index (χ3n) is 3.33. The first-order valence-corrected chi connectivity index (χ1v) is 7.47. The third-order valence-corrected chi connectivity index (χ3v) is 3.33. The minimum atomic E-state index is -0.663. The average molecular weight is 327 g/mol. The number of halogens is 1. The Hall–Kier alpha value is -2.95. The van der Waals surface area contributed by atoms with E-state index in [0.717, 1.165) is 0 Å². The molecule has 0 aliphatic heterocycles. The Labute approximate surface area is 140 Å².